The van der Waals surface area contributed by atoms with Gasteiger partial charge in [-0.25, -0.2) is 14.4 Å². The average Bonchev–Trinajstić information content (AvgIpc) is 2.67. The maximum Gasteiger partial charge on any atom is 0.330 e. The molecule has 0 aliphatic heterocycles. The van der Waals surface area contributed by atoms with E-state index in [-0.39, 0.29) is 49.1 Å². The van der Waals surface area contributed by atoms with Crippen molar-refractivity contribution in [2.75, 3.05) is 26.4 Å². The third-order valence-electron chi connectivity index (χ3n) is 3.62. The van der Waals surface area contributed by atoms with Gasteiger partial charge in [0.05, 0.1) is 19.8 Å². The van der Waals surface area contributed by atoms with Crippen LogP contribution in [-0.2, 0) is 14.4 Å². The fourth-order valence-corrected chi connectivity index (χ4v) is 1.29. The van der Waals surface area contributed by atoms with E-state index in [9.17, 15) is 14.4 Å². The van der Waals surface area contributed by atoms with E-state index < -0.39 is 23.3 Å². The molecule has 0 rings (SSSR count). The number of hydrogen-bond donors (Lipinski definition) is 7. The minimum Gasteiger partial charge on any atom is -0.478 e. The SMILES string of the molecule is C=C(C)C(=O)O.C=C(C)C(=O)O.C=C(C)C(=O)O.CCC(CO)C(CO)(CO)CO. The Hall–Kier alpha value is -2.53. The highest BCUT2D eigenvalue weighted by atomic mass is 16.4. The Morgan fingerprint density at radius 2 is 0.900 bits per heavy atom. The lowest BCUT2D eigenvalue weighted by Gasteiger charge is -2.34. The summed E-state index contributed by atoms with van der Waals surface area (Å²) in [4.78, 5) is 28.8. The van der Waals surface area contributed by atoms with Crippen molar-refractivity contribution < 1.29 is 50.1 Å². The van der Waals surface area contributed by atoms with E-state index in [4.69, 9.17) is 35.7 Å². The quantitative estimate of drug-likeness (QED) is 0.255. The number of aliphatic carboxylic acids is 3. The Labute approximate surface area is 177 Å². The summed E-state index contributed by atoms with van der Waals surface area (Å²) in [6.07, 6.45) is 0.623. The van der Waals surface area contributed by atoms with Crippen molar-refractivity contribution in [3.8, 4) is 0 Å². The van der Waals surface area contributed by atoms with E-state index in [1.165, 1.54) is 20.8 Å². The zero-order valence-electron chi connectivity index (χ0n) is 18.1. The predicted octanol–water partition coefficient (Wildman–Crippen LogP) is 0.910. The molecule has 0 aromatic rings. The van der Waals surface area contributed by atoms with Gasteiger partial charge in [0.25, 0.3) is 0 Å². The molecule has 1 unspecified atom stereocenters. The number of carboxylic acids is 3. The zero-order chi connectivity index (χ0) is 25.1. The minimum absolute atomic E-state index is 0.127. The third-order valence-corrected chi connectivity index (χ3v) is 3.62. The molecule has 10 nitrogen and oxygen atoms in total. The first kappa shape index (κ1) is 34.9. The molecule has 0 amide bonds. The van der Waals surface area contributed by atoms with Gasteiger partial charge in [0.2, 0.25) is 0 Å². The maximum absolute atomic E-state index is 9.60. The first-order valence-corrected chi connectivity index (χ1v) is 8.73. The molecule has 0 aromatic carbocycles. The lowest BCUT2D eigenvalue weighted by Crippen LogP contribution is -2.42. The van der Waals surface area contributed by atoms with Crippen LogP contribution in [0.4, 0.5) is 0 Å². The van der Waals surface area contributed by atoms with Crippen LogP contribution >= 0.6 is 0 Å². The van der Waals surface area contributed by atoms with Crippen LogP contribution in [0.2, 0.25) is 0 Å². The summed E-state index contributed by atoms with van der Waals surface area (Å²) < 4.78 is 0. The molecule has 0 heterocycles. The van der Waals surface area contributed by atoms with Gasteiger partial charge in [-0.1, -0.05) is 33.1 Å². The van der Waals surface area contributed by atoms with Gasteiger partial charge >= 0.3 is 17.9 Å². The lowest BCUT2D eigenvalue weighted by atomic mass is 9.76. The van der Waals surface area contributed by atoms with Crippen molar-refractivity contribution in [3.05, 3.63) is 36.5 Å². The number of aliphatic hydroxyl groups excluding tert-OH is 4. The summed E-state index contributed by atoms with van der Waals surface area (Å²) in [5.74, 6) is -3.06. The molecule has 0 aromatic heterocycles. The smallest absolute Gasteiger partial charge is 0.330 e. The first-order chi connectivity index (χ1) is 13.6. The van der Waals surface area contributed by atoms with Crippen molar-refractivity contribution >= 4 is 17.9 Å². The molecular weight excluding hydrogens is 400 g/mol. The number of hydrogen-bond acceptors (Lipinski definition) is 7. The first-order valence-electron chi connectivity index (χ1n) is 8.73. The zero-order valence-corrected chi connectivity index (χ0v) is 18.1. The van der Waals surface area contributed by atoms with Gasteiger partial charge in [-0.05, 0) is 26.7 Å². The topological polar surface area (TPSA) is 193 Å². The molecule has 30 heavy (non-hydrogen) atoms. The highest BCUT2D eigenvalue weighted by Gasteiger charge is 2.35. The number of carbonyl (C=O) groups is 3. The molecule has 0 aliphatic rings. The molecule has 0 fully saturated rings. The van der Waals surface area contributed by atoms with Crippen LogP contribution in [-0.4, -0.2) is 80.1 Å². The second kappa shape index (κ2) is 19.8. The molecule has 0 bridgehead atoms. The molecule has 176 valence electrons. The second-order valence-electron chi connectivity index (χ2n) is 6.38. The molecule has 7 N–H and O–H groups in total. The van der Waals surface area contributed by atoms with E-state index in [2.05, 4.69) is 19.7 Å². The lowest BCUT2D eigenvalue weighted by molar-refractivity contribution is -0.133. The van der Waals surface area contributed by atoms with E-state index in [1.54, 1.807) is 0 Å². The second-order valence-corrected chi connectivity index (χ2v) is 6.38. The number of rotatable bonds is 9. The minimum atomic E-state index is -0.941. The molecule has 0 saturated carbocycles. The van der Waals surface area contributed by atoms with Crippen molar-refractivity contribution in [2.24, 2.45) is 11.3 Å². The van der Waals surface area contributed by atoms with Crippen molar-refractivity contribution in [1.82, 2.24) is 0 Å². The fourth-order valence-electron chi connectivity index (χ4n) is 1.29. The van der Waals surface area contributed by atoms with Crippen LogP contribution in [0, 0.1) is 11.3 Å². The summed E-state index contributed by atoms with van der Waals surface area (Å²) in [6, 6.07) is 0. The van der Waals surface area contributed by atoms with Gasteiger partial charge < -0.3 is 35.7 Å². The van der Waals surface area contributed by atoms with Crippen molar-refractivity contribution in [3.63, 3.8) is 0 Å². The molecule has 0 spiro atoms. The predicted molar refractivity (Wildman–Crippen MR) is 112 cm³/mol. The van der Waals surface area contributed by atoms with Crippen LogP contribution in [0.25, 0.3) is 0 Å². The van der Waals surface area contributed by atoms with Crippen LogP contribution in [0.3, 0.4) is 0 Å². The Morgan fingerprint density at radius 3 is 0.933 bits per heavy atom. The van der Waals surface area contributed by atoms with Crippen LogP contribution in [0.5, 0.6) is 0 Å². The average molecular weight is 436 g/mol. The van der Waals surface area contributed by atoms with E-state index in [0.717, 1.165) is 0 Å². The van der Waals surface area contributed by atoms with Gasteiger partial charge in [0.1, 0.15) is 0 Å². The van der Waals surface area contributed by atoms with Crippen molar-refractivity contribution in [1.29, 1.82) is 0 Å². The van der Waals surface area contributed by atoms with E-state index >= 15 is 0 Å². The summed E-state index contributed by atoms with van der Waals surface area (Å²) >= 11 is 0. The van der Waals surface area contributed by atoms with Gasteiger partial charge in [-0.3, -0.25) is 0 Å². The summed E-state index contributed by atoms with van der Waals surface area (Å²) in [5, 5.41) is 59.5. The number of carboxylic acid groups (broad SMARTS) is 3. The van der Waals surface area contributed by atoms with Crippen LogP contribution < -0.4 is 0 Å². The van der Waals surface area contributed by atoms with Gasteiger partial charge in [-0.2, -0.15) is 0 Å². The molecule has 10 heteroatoms. The van der Waals surface area contributed by atoms with E-state index in [1.807, 2.05) is 6.92 Å². The Morgan fingerprint density at radius 1 is 0.700 bits per heavy atom. The molecule has 0 aliphatic carbocycles. The number of aliphatic hydroxyl groups is 4. The van der Waals surface area contributed by atoms with Gasteiger partial charge in [0, 0.05) is 28.7 Å². The fraction of sp³-hybridized carbons (Fsp3) is 0.550. The Balaban J connectivity index is -0.000000161. The van der Waals surface area contributed by atoms with E-state index in [0.29, 0.717) is 6.42 Å². The monoisotopic (exact) mass is 436 g/mol. The van der Waals surface area contributed by atoms with Crippen LogP contribution in [0.15, 0.2) is 36.5 Å². The largest absolute Gasteiger partial charge is 0.478 e. The molecule has 0 radical (unpaired) electrons. The summed E-state index contributed by atoms with van der Waals surface area (Å²) in [5.41, 5.74) is -0.413. The summed E-state index contributed by atoms with van der Waals surface area (Å²) in [6.45, 7) is 14.6. The Bertz CT molecular complexity index is 457. The Kier molecular flexibility index (Phi) is 23.0. The molecule has 0 saturated heterocycles. The normalized spacial score (nSPS) is 10.4. The standard InChI is InChI=1S/C8H18O4.3C4H6O2/c1-2-7(3-9)8(4-10,5-11)6-12;3*1-3(2)4(5)6/h7,9-12H,2-6H2,1H3;3*1H2,2H3,(H,5,6). The molecule has 1 atom stereocenters. The highest BCUT2D eigenvalue weighted by molar-refractivity contribution is 5.85. The van der Waals surface area contributed by atoms with Crippen molar-refractivity contribution in [2.45, 2.75) is 34.1 Å². The molecular formula is C20H36O10. The maximum atomic E-state index is 9.60. The highest BCUT2D eigenvalue weighted by Crippen LogP contribution is 2.28. The third kappa shape index (κ3) is 18.8. The summed E-state index contributed by atoms with van der Waals surface area (Å²) in [7, 11) is 0. The van der Waals surface area contributed by atoms with Crippen LogP contribution in [0.1, 0.15) is 34.1 Å². The van der Waals surface area contributed by atoms with Gasteiger partial charge in [-0.15, -0.1) is 0 Å². The van der Waals surface area contributed by atoms with Gasteiger partial charge in [0.15, 0.2) is 0 Å².